The number of carbonyl (C=O) groups excluding carboxylic acids is 1. The molecular weight excluding hydrogens is 320 g/mol. The predicted molar refractivity (Wildman–Crippen MR) is 93.3 cm³/mol. The first-order valence-electron chi connectivity index (χ1n) is 8.96. The lowest BCUT2D eigenvalue weighted by molar-refractivity contribution is -0.0539. The van der Waals surface area contributed by atoms with Crippen LogP contribution in [0.2, 0.25) is 0 Å². The first-order valence-corrected chi connectivity index (χ1v) is 8.96. The number of carbonyl (C=O) groups is 1. The molecule has 1 aromatic heterocycles. The van der Waals surface area contributed by atoms with Gasteiger partial charge in [-0.15, -0.1) is 0 Å². The molecule has 1 amide bonds. The van der Waals surface area contributed by atoms with Crippen LogP contribution in [-0.2, 0) is 9.47 Å². The molecule has 2 fully saturated rings. The zero-order valence-corrected chi connectivity index (χ0v) is 15.4. The Labute approximate surface area is 149 Å². The van der Waals surface area contributed by atoms with Crippen LogP contribution < -0.4 is 0 Å². The quantitative estimate of drug-likeness (QED) is 0.811. The van der Waals surface area contributed by atoms with Gasteiger partial charge in [0.1, 0.15) is 11.3 Å². The van der Waals surface area contributed by atoms with E-state index in [2.05, 4.69) is 35.8 Å². The topological polar surface area (TPSA) is 67.8 Å². The van der Waals surface area contributed by atoms with Gasteiger partial charge in [-0.05, 0) is 33.2 Å². The molecule has 138 valence electrons. The van der Waals surface area contributed by atoms with E-state index >= 15 is 0 Å². The summed E-state index contributed by atoms with van der Waals surface area (Å²) in [4.78, 5) is 25.0. The highest BCUT2D eigenvalue weighted by atomic mass is 16.5. The monoisotopic (exact) mass is 348 g/mol. The summed E-state index contributed by atoms with van der Waals surface area (Å²) in [6.07, 6.45) is 5.53. The fourth-order valence-corrected chi connectivity index (χ4v) is 3.54. The highest BCUT2D eigenvalue weighted by Crippen LogP contribution is 2.33. The summed E-state index contributed by atoms with van der Waals surface area (Å²) in [6.45, 7) is 8.27. The van der Waals surface area contributed by atoms with Crippen LogP contribution in [0.4, 0.5) is 0 Å². The molecule has 25 heavy (non-hydrogen) atoms. The lowest BCUT2D eigenvalue weighted by Gasteiger charge is -2.31. The van der Waals surface area contributed by atoms with Gasteiger partial charge in [-0.25, -0.2) is 4.98 Å². The second-order valence-corrected chi connectivity index (χ2v) is 7.47. The molecular formula is C18H28N4O3. The number of rotatable bonds is 4. The van der Waals surface area contributed by atoms with E-state index in [1.165, 1.54) is 6.20 Å². The summed E-state index contributed by atoms with van der Waals surface area (Å²) in [5.41, 5.74) is -0.0368. The third kappa shape index (κ3) is 4.34. The predicted octanol–water partition coefficient (Wildman–Crippen LogP) is 1.06. The number of nitrogens with zero attached hydrogens (tertiary/aromatic N) is 4. The van der Waals surface area contributed by atoms with Crippen LogP contribution >= 0.6 is 0 Å². The molecule has 0 aromatic carbocycles. The van der Waals surface area contributed by atoms with Gasteiger partial charge in [0.25, 0.3) is 5.91 Å². The van der Waals surface area contributed by atoms with Crippen LogP contribution in [-0.4, -0.2) is 83.8 Å². The Hall–Kier alpha value is -1.57. The van der Waals surface area contributed by atoms with Crippen LogP contribution in [0.3, 0.4) is 0 Å². The molecule has 2 aliphatic heterocycles. The molecule has 2 aliphatic rings. The van der Waals surface area contributed by atoms with E-state index in [0.29, 0.717) is 50.6 Å². The summed E-state index contributed by atoms with van der Waals surface area (Å²) in [5.74, 6) is 0.354. The van der Waals surface area contributed by atoms with Gasteiger partial charge in [-0.2, -0.15) is 0 Å². The zero-order valence-electron chi connectivity index (χ0n) is 15.4. The van der Waals surface area contributed by atoms with Gasteiger partial charge >= 0.3 is 0 Å². The van der Waals surface area contributed by atoms with Crippen molar-refractivity contribution in [3.63, 3.8) is 0 Å². The molecule has 0 radical (unpaired) electrons. The van der Waals surface area contributed by atoms with Crippen molar-refractivity contribution < 1.29 is 14.3 Å². The van der Waals surface area contributed by atoms with Crippen LogP contribution in [0.25, 0.3) is 0 Å². The Kier molecular flexibility index (Phi) is 5.66. The van der Waals surface area contributed by atoms with Gasteiger partial charge in [-0.3, -0.25) is 9.78 Å². The van der Waals surface area contributed by atoms with Crippen molar-refractivity contribution >= 4 is 5.91 Å². The average Bonchev–Trinajstić information content (AvgIpc) is 2.87. The maximum Gasteiger partial charge on any atom is 0.274 e. The van der Waals surface area contributed by atoms with Gasteiger partial charge in [0.15, 0.2) is 0 Å². The molecule has 2 atom stereocenters. The molecule has 7 heteroatoms. The molecule has 0 saturated carbocycles. The number of ether oxygens (including phenoxy) is 2. The molecule has 3 heterocycles. The van der Waals surface area contributed by atoms with E-state index < -0.39 is 5.60 Å². The number of amides is 1. The maximum absolute atomic E-state index is 12.7. The summed E-state index contributed by atoms with van der Waals surface area (Å²) in [6, 6.07) is 0.511. The Morgan fingerprint density at radius 1 is 1.48 bits per heavy atom. The largest absolute Gasteiger partial charge is 0.377 e. The van der Waals surface area contributed by atoms with E-state index in [1.54, 1.807) is 17.3 Å². The van der Waals surface area contributed by atoms with Crippen molar-refractivity contribution in [1.29, 1.82) is 0 Å². The minimum atomic E-state index is -0.406. The average molecular weight is 348 g/mol. The van der Waals surface area contributed by atoms with E-state index in [4.69, 9.17) is 9.47 Å². The van der Waals surface area contributed by atoms with E-state index in [-0.39, 0.29) is 5.91 Å². The SMILES string of the molecule is CC(C)N(C)CC1COC2(COCCN(C(=O)c3cnccn3)C2)C1. The highest BCUT2D eigenvalue weighted by molar-refractivity contribution is 5.92. The van der Waals surface area contributed by atoms with Gasteiger partial charge in [-0.1, -0.05) is 0 Å². The highest BCUT2D eigenvalue weighted by Gasteiger charge is 2.44. The zero-order chi connectivity index (χ0) is 17.9. The normalized spacial score (nSPS) is 27.2. The summed E-state index contributed by atoms with van der Waals surface area (Å²) in [5, 5.41) is 0. The Morgan fingerprint density at radius 2 is 2.32 bits per heavy atom. The maximum atomic E-state index is 12.7. The lowest BCUT2D eigenvalue weighted by atomic mass is 9.93. The molecule has 0 N–H and O–H groups in total. The van der Waals surface area contributed by atoms with Crippen LogP contribution in [0.15, 0.2) is 18.6 Å². The van der Waals surface area contributed by atoms with Crippen molar-refractivity contribution in [2.45, 2.75) is 31.9 Å². The first-order chi connectivity index (χ1) is 12.0. The minimum Gasteiger partial charge on any atom is -0.377 e. The van der Waals surface area contributed by atoms with Crippen molar-refractivity contribution in [3.05, 3.63) is 24.3 Å². The molecule has 2 saturated heterocycles. The fraction of sp³-hybridized carbons (Fsp3) is 0.722. The second-order valence-electron chi connectivity index (χ2n) is 7.47. The molecule has 2 unspecified atom stereocenters. The standard InChI is InChI=1S/C18H28N4O3/c1-14(2)21(3)10-15-8-18(25-11-15)12-22(6-7-24-13-18)17(23)16-9-19-4-5-20-16/h4-5,9,14-15H,6-8,10-13H2,1-3H3. The third-order valence-electron chi connectivity index (χ3n) is 5.13. The smallest absolute Gasteiger partial charge is 0.274 e. The van der Waals surface area contributed by atoms with E-state index in [1.807, 2.05) is 0 Å². The Balaban J connectivity index is 1.67. The molecule has 3 rings (SSSR count). The van der Waals surface area contributed by atoms with Gasteiger partial charge in [0.05, 0.1) is 32.6 Å². The Bertz CT molecular complexity index is 583. The van der Waals surface area contributed by atoms with E-state index in [9.17, 15) is 4.79 Å². The summed E-state index contributed by atoms with van der Waals surface area (Å²) >= 11 is 0. The van der Waals surface area contributed by atoms with Crippen molar-refractivity contribution in [3.8, 4) is 0 Å². The van der Waals surface area contributed by atoms with Gasteiger partial charge < -0.3 is 19.3 Å². The molecule has 0 aliphatic carbocycles. The Morgan fingerprint density at radius 3 is 3.04 bits per heavy atom. The first kappa shape index (κ1) is 18.2. The second kappa shape index (κ2) is 7.76. The molecule has 7 nitrogen and oxygen atoms in total. The summed E-state index contributed by atoms with van der Waals surface area (Å²) in [7, 11) is 2.14. The van der Waals surface area contributed by atoms with Crippen molar-refractivity contribution in [2.24, 2.45) is 5.92 Å². The van der Waals surface area contributed by atoms with Crippen molar-refractivity contribution in [2.75, 3.05) is 46.5 Å². The van der Waals surface area contributed by atoms with Crippen LogP contribution in [0, 0.1) is 5.92 Å². The fourth-order valence-electron chi connectivity index (χ4n) is 3.54. The van der Waals surface area contributed by atoms with Gasteiger partial charge in [0.2, 0.25) is 0 Å². The van der Waals surface area contributed by atoms with Crippen molar-refractivity contribution in [1.82, 2.24) is 19.8 Å². The number of hydrogen-bond acceptors (Lipinski definition) is 6. The van der Waals surface area contributed by atoms with E-state index in [0.717, 1.165) is 13.0 Å². The molecule has 1 spiro atoms. The number of hydrogen-bond donors (Lipinski definition) is 0. The molecule has 1 aromatic rings. The third-order valence-corrected chi connectivity index (χ3v) is 5.13. The van der Waals surface area contributed by atoms with Gasteiger partial charge in [0, 0.05) is 31.5 Å². The number of aromatic nitrogens is 2. The van der Waals surface area contributed by atoms with Crippen LogP contribution in [0.5, 0.6) is 0 Å². The molecule has 0 bridgehead atoms. The minimum absolute atomic E-state index is 0.107. The lowest BCUT2D eigenvalue weighted by Crippen LogP contribution is -2.46. The van der Waals surface area contributed by atoms with Crippen LogP contribution in [0.1, 0.15) is 30.8 Å². The summed E-state index contributed by atoms with van der Waals surface area (Å²) < 4.78 is 12.0.